The van der Waals surface area contributed by atoms with E-state index in [4.69, 9.17) is 9.47 Å². The van der Waals surface area contributed by atoms with E-state index in [1.54, 1.807) is 48.5 Å². The van der Waals surface area contributed by atoms with E-state index in [0.717, 1.165) is 36.4 Å². The van der Waals surface area contributed by atoms with Crippen molar-refractivity contribution in [2.45, 2.75) is 108 Å². The fourth-order valence-electron chi connectivity index (χ4n) is 5.60. The molecule has 0 aromatic heterocycles. The standard InChI is InChI=1S/C36H42O16S5/c1-9-35(5,6)52-29-16-11-23(19-32(29)56(45,46)47)36(7,8)22-10-15-27(31(18-22)55(42,43)44)51-28-17-13-25(21-33(28)57(48,49)50)53(37,38)24-12-14-26(34(2,3)4)30(20-24)54(39,40)41/h10-21H,9H2,1-8H3,(H,39,40,41)(H,42,43,44)(H,45,46,47)(H,48,49,50). The van der Waals surface area contributed by atoms with E-state index >= 15 is 0 Å². The highest BCUT2D eigenvalue weighted by atomic mass is 32.2. The van der Waals surface area contributed by atoms with Crippen LogP contribution in [0.2, 0.25) is 0 Å². The van der Waals surface area contributed by atoms with Gasteiger partial charge >= 0.3 is 0 Å². The van der Waals surface area contributed by atoms with Crippen molar-refractivity contribution in [3.8, 4) is 17.2 Å². The van der Waals surface area contributed by atoms with Gasteiger partial charge in [0.25, 0.3) is 40.5 Å². The molecule has 4 rings (SSSR count). The van der Waals surface area contributed by atoms with Crippen LogP contribution in [0.3, 0.4) is 0 Å². The molecule has 0 amide bonds. The molecule has 0 heterocycles. The van der Waals surface area contributed by atoms with Gasteiger partial charge in [-0.3, -0.25) is 18.2 Å². The maximum absolute atomic E-state index is 13.7. The molecular formula is C36H42O16S5. The molecular weight excluding hydrogens is 849 g/mol. The molecule has 0 atom stereocenters. The zero-order valence-electron chi connectivity index (χ0n) is 31.9. The molecule has 0 aliphatic carbocycles. The summed E-state index contributed by atoms with van der Waals surface area (Å²) in [6.07, 6.45) is 0.486. The molecule has 16 nitrogen and oxygen atoms in total. The predicted molar refractivity (Wildman–Crippen MR) is 206 cm³/mol. The van der Waals surface area contributed by atoms with Gasteiger partial charge in [-0.1, -0.05) is 59.7 Å². The first kappa shape index (κ1) is 45.8. The van der Waals surface area contributed by atoms with Crippen LogP contribution in [0.5, 0.6) is 17.2 Å². The van der Waals surface area contributed by atoms with Crippen LogP contribution >= 0.6 is 0 Å². The Morgan fingerprint density at radius 2 is 0.860 bits per heavy atom. The molecule has 0 unspecified atom stereocenters. The van der Waals surface area contributed by atoms with Crippen molar-refractivity contribution in [2.75, 3.05) is 0 Å². The van der Waals surface area contributed by atoms with Crippen LogP contribution in [-0.2, 0) is 61.1 Å². The summed E-state index contributed by atoms with van der Waals surface area (Å²) in [6.45, 7) is 13.2. The number of rotatable bonds is 13. The Hall–Kier alpha value is -3.93. The third-order valence-electron chi connectivity index (χ3n) is 9.20. The zero-order chi connectivity index (χ0) is 43.5. The first-order chi connectivity index (χ1) is 25.6. The minimum Gasteiger partial charge on any atom is -0.486 e. The van der Waals surface area contributed by atoms with Crippen molar-refractivity contribution in [1.29, 1.82) is 0 Å². The maximum atomic E-state index is 13.7. The van der Waals surface area contributed by atoms with Gasteiger partial charge in [-0.25, -0.2) is 8.42 Å². The van der Waals surface area contributed by atoms with E-state index in [1.807, 2.05) is 6.92 Å². The lowest BCUT2D eigenvalue weighted by atomic mass is 9.78. The van der Waals surface area contributed by atoms with Gasteiger partial charge in [-0.2, -0.15) is 33.7 Å². The molecule has 4 N–H and O–H groups in total. The second-order valence-electron chi connectivity index (χ2n) is 15.2. The van der Waals surface area contributed by atoms with Gasteiger partial charge in [-0.15, -0.1) is 0 Å². The maximum Gasteiger partial charge on any atom is 0.298 e. The van der Waals surface area contributed by atoms with Crippen LogP contribution in [0.1, 0.15) is 78.5 Å². The van der Waals surface area contributed by atoms with Crippen molar-refractivity contribution in [1.82, 2.24) is 0 Å². The van der Waals surface area contributed by atoms with Gasteiger partial charge in [-0.05, 0) is 97.0 Å². The molecule has 57 heavy (non-hydrogen) atoms. The van der Waals surface area contributed by atoms with Gasteiger partial charge in [0, 0.05) is 5.41 Å². The Bertz CT molecular complexity index is 2820. The summed E-state index contributed by atoms with van der Waals surface area (Å²) in [5.41, 5.74) is -2.46. The minimum atomic E-state index is -5.34. The molecule has 0 radical (unpaired) electrons. The number of ether oxygens (including phenoxy) is 2. The van der Waals surface area contributed by atoms with E-state index < -0.39 is 108 Å². The third-order valence-corrected chi connectivity index (χ3v) is 14.5. The Morgan fingerprint density at radius 1 is 0.491 bits per heavy atom. The van der Waals surface area contributed by atoms with Crippen molar-refractivity contribution in [2.24, 2.45) is 0 Å². The normalized spacial score (nSPS) is 13.7. The van der Waals surface area contributed by atoms with Crippen molar-refractivity contribution < 1.29 is 69.8 Å². The molecule has 21 heteroatoms. The minimum absolute atomic E-state index is 0.0808. The molecule has 312 valence electrons. The number of hydrogen-bond acceptors (Lipinski definition) is 12. The summed E-state index contributed by atoms with van der Waals surface area (Å²) in [6, 6.07) is 12.3. The Kier molecular flexibility index (Phi) is 12.1. The molecule has 0 saturated heterocycles. The number of hydrogen-bond donors (Lipinski definition) is 4. The van der Waals surface area contributed by atoms with Crippen molar-refractivity contribution in [3.63, 3.8) is 0 Å². The lowest BCUT2D eigenvalue weighted by Gasteiger charge is -2.29. The first-order valence-corrected chi connectivity index (χ1v) is 23.9. The van der Waals surface area contributed by atoms with Gasteiger partial charge in [0.2, 0.25) is 9.84 Å². The van der Waals surface area contributed by atoms with Gasteiger partial charge in [0.05, 0.1) is 14.7 Å². The smallest absolute Gasteiger partial charge is 0.298 e. The average molecular weight is 891 g/mol. The van der Waals surface area contributed by atoms with E-state index in [-0.39, 0.29) is 22.4 Å². The highest BCUT2D eigenvalue weighted by Gasteiger charge is 2.33. The summed E-state index contributed by atoms with van der Waals surface area (Å²) in [5.74, 6) is -1.61. The third kappa shape index (κ3) is 10.0. The number of sulfone groups is 1. The fourth-order valence-corrected chi connectivity index (χ4v) is 9.91. The zero-order valence-corrected chi connectivity index (χ0v) is 35.9. The Labute approximate surface area is 332 Å². The molecule has 4 aromatic carbocycles. The van der Waals surface area contributed by atoms with Gasteiger partial charge < -0.3 is 9.47 Å². The molecule has 4 aromatic rings. The highest BCUT2D eigenvalue weighted by molar-refractivity contribution is 7.91. The Morgan fingerprint density at radius 3 is 1.28 bits per heavy atom. The van der Waals surface area contributed by atoms with Gasteiger partial charge in [0.1, 0.15) is 37.5 Å². The molecule has 0 aliphatic rings. The monoisotopic (exact) mass is 890 g/mol. The Balaban J connectivity index is 1.84. The lowest BCUT2D eigenvalue weighted by molar-refractivity contribution is 0.101. The second kappa shape index (κ2) is 15.0. The first-order valence-electron chi connectivity index (χ1n) is 16.7. The molecule has 0 aliphatic heterocycles. The molecule has 0 fully saturated rings. The van der Waals surface area contributed by atoms with Crippen LogP contribution < -0.4 is 9.47 Å². The van der Waals surface area contributed by atoms with E-state index in [2.05, 4.69) is 0 Å². The van der Waals surface area contributed by atoms with Crippen molar-refractivity contribution in [3.05, 3.63) is 89.5 Å². The van der Waals surface area contributed by atoms with Crippen LogP contribution in [0.4, 0.5) is 0 Å². The van der Waals surface area contributed by atoms with Crippen LogP contribution in [0, 0.1) is 0 Å². The van der Waals surface area contributed by atoms with Crippen LogP contribution in [0.15, 0.2) is 102 Å². The van der Waals surface area contributed by atoms with Crippen LogP contribution in [-0.4, -0.2) is 65.9 Å². The summed E-state index contributed by atoms with van der Waals surface area (Å²) >= 11 is 0. The summed E-state index contributed by atoms with van der Waals surface area (Å²) in [4.78, 5) is -4.80. The topological polar surface area (TPSA) is 270 Å². The summed E-state index contributed by atoms with van der Waals surface area (Å²) in [5, 5.41) is 0. The largest absolute Gasteiger partial charge is 0.486 e. The van der Waals surface area contributed by atoms with E-state index in [9.17, 15) is 60.3 Å². The average Bonchev–Trinajstić information content (AvgIpc) is 3.06. The quantitative estimate of drug-likeness (QED) is 0.104. The summed E-state index contributed by atoms with van der Waals surface area (Å²) < 4.78 is 179. The van der Waals surface area contributed by atoms with E-state index in [1.165, 1.54) is 24.3 Å². The molecule has 0 spiro atoms. The molecule has 0 saturated carbocycles. The second-order valence-corrected chi connectivity index (χ2v) is 22.7. The fraction of sp³-hybridized carbons (Fsp3) is 0.333. The van der Waals surface area contributed by atoms with Gasteiger partial charge in [0.15, 0.2) is 0 Å². The van der Waals surface area contributed by atoms with Crippen molar-refractivity contribution >= 4 is 50.3 Å². The SMILES string of the molecule is CCC(C)(C)Oc1ccc(C(C)(C)c2ccc(Oc3ccc(S(=O)(=O)c4ccc(C(C)(C)C)c(S(=O)(=O)O)c4)cc3S(=O)(=O)O)c(S(=O)(=O)O)c2)cc1S(=O)(=O)O. The molecule has 0 bridgehead atoms. The van der Waals surface area contributed by atoms with Crippen LogP contribution in [0.25, 0.3) is 0 Å². The lowest BCUT2D eigenvalue weighted by Crippen LogP contribution is -2.28. The summed E-state index contributed by atoms with van der Waals surface area (Å²) in [7, 11) is -25.1. The predicted octanol–water partition coefficient (Wildman–Crippen LogP) is 6.49. The van der Waals surface area contributed by atoms with E-state index in [0.29, 0.717) is 18.6 Å². The highest BCUT2D eigenvalue weighted by Crippen LogP contribution is 2.41. The number of benzene rings is 4.